The predicted octanol–water partition coefficient (Wildman–Crippen LogP) is 0.553. The number of fused-ring (bicyclic) bond motifs is 2. The maximum Gasteiger partial charge on any atom is 0.272 e. The molecule has 5 nitrogen and oxygen atoms in total. The zero-order valence-corrected chi connectivity index (χ0v) is 11.7. The number of amides is 1. The van der Waals surface area contributed by atoms with E-state index in [1.165, 1.54) is 0 Å². The molecule has 2 bridgehead atoms. The molecule has 1 aromatic rings. The smallest absolute Gasteiger partial charge is 0.272 e. The Balaban J connectivity index is 1.76. The summed E-state index contributed by atoms with van der Waals surface area (Å²) in [4.78, 5) is 18.7. The Morgan fingerprint density at radius 1 is 1.33 bits per heavy atom. The molecule has 2 fully saturated rings. The second-order valence-corrected chi connectivity index (χ2v) is 5.61. The number of rotatable bonds is 1. The van der Waals surface area contributed by atoms with Crippen molar-refractivity contribution in [3.8, 4) is 11.8 Å². The Kier molecular flexibility index (Phi) is 3.91. The Morgan fingerprint density at radius 2 is 2.05 bits per heavy atom. The molecule has 2 aliphatic heterocycles. The lowest BCUT2D eigenvalue weighted by molar-refractivity contribution is 0.0282. The maximum absolute atomic E-state index is 12.6. The number of pyridine rings is 1. The van der Waals surface area contributed by atoms with Crippen LogP contribution in [-0.4, -0.2) is 50.8 Å². The quantitative estimate of drug-likeness (QED) is 0.740. The van der Waals surface area contributed by atoms with Gasteiger partial charge in [-0.1, -0.05) is 11.8 Å². The summed E-state index contributed by atoms with van der Waals surface area (Å²) >= 11 is 0. The number of hydrogen-bond donors (Lipinski definition) is 2. The fourth-order valence-corrected chi connectivity index (χ4v) is 3.35. The lowest BCUT2D eigenvalue weighted by atomic mass is 9.99. The van der Waals surface area contributed by atoms with Gasteiger partial charge in [0, 0.05) is 23.8 Å². The van der Waals surface area contributed by atoms with Gasteiger partial charge in [-0.15, -0.1) is 0 Å². The van der Waals surface area contributed by atoms with Crippen LogP contribution in [0.25, 0.3) is 0 Å². The molecular weight excluding hydrogens is 268 g/mol. The third-order valence-electron chi connectivity index (χ3n) is 4.24. The summed E-state index contributed by atoms with van der Waals surface area (Å²) < 4.78 is 0. The summed E-state index contributed by atoms with van der Waals surface area (Å²) in [5, 5.41) is 18.4. The van der Waals surface area contributed by atoms with E-state index in [1.807, 2.05) is 4.90 Å². The van der Waals surface area contributed by atoms with Crippen LogP contribution in [0.3, 0.4) is 0 Å². The van der Waals surface area contributed by atoms with Gasteiger partial charge in [-0.2, -0.15) is 0 Å². The molecule has 21 heavy (non-hydrogen) atoms. The van der Waals surface area contributed by atoms with Gasteiger partial charge in [-0.25, -0.2) is 4.98 Å². The van der Waals surface area contributed by atoms with E-state index >= 15 is 0 Å². The summed E-state index contributed by atoms with van der Waals surface area (Å²) in [6.45, 7) is -0.194. The average Bonchev–Trinajstić information content (AvgIpc) is 2.77. The zero-order valence-electron chi connectivity index (χ0n) is 11.7. The van der Waals surface area contributed by atoms with E-state index in [9.17, 15) is 9.90 Å². The largest absolute Gasteiger partial charge is 0.393 e. The molecule has 2 saturated heterocycles. The first-order chi connectivity index (χ1) is 10.2. The maximum atomic E-state index is 12.6. The Bertz CT molecular complexity index is 574. The van der Waals surface area contributed by atoms with Gasteiger partial charge in [-0.05, 0) is 37.8 Å². The van der Waals surface area contributed by atoms with Crippen LogP contribution in [-0.2, 0) is 0 Å². The van der Waals surface area contributed by atoms with E-state index in [4.69, 9.17) is 5.11 Å². The Hall–Kier alpha value is -1.90. The third-order valence-corrected chi connectivity index (χ3v) is 4.24. The SMILES string of the molecule is O=C(c1ccc(C#CCO)cn1)N1C2CCC1CC(O)C2. The number of piperidine rings is 1. The summed E-state index contributed by atoms with van der Waals surface area (Å²) in [7, 11) is 0. The molecule has 0 aromatic carbocycles. The molecule has 2 N–H and O–H groups in total. The first-order valence-corrected chi connectivity index (χ1v) is 7.25. The summed E-state index contributed by atoms with van der Waals surface area (Å²) in [5.74, 6) is 5.24. The second-order valence-electron chi connectivity index (χ2n) is 5.61. The first kappa shape index (κ1) is 14.1. The van der Waals surface area contributed by atoms with E-state index < -0.39 is 0 Å². The molecule has 0 aliphatic carbocycles. The highest BCUT2D eigenvalue weighted by atomic mass is 16.3. The van der Waals surface area contributed by atoms with Crippen LogP contribution < -0.4 is 0 Å². The Labute approximate surface area is 123 Å². The van der Waals surface area contributed by atoms with Gasteiger partial charge in [0.05, 0.1) is 6.10 Å². The average molecular weight is 286 g/mol. The molecule has 0 radical (unpaired) electrons. The summed E-state index contributed by atoms with van der Waals surface area (Å²) in [6, 6.07) is 3.70. The minimum atomic E-state index is -0.282. The summed E-state index contributed by atoms with van der Waals surface area (Å²) in [6.07, 6.45) is 4.54. The van der Waals surface area contributed by atoms with Gasteiger partial charge >= 0.3 is 0 Å². The van der Waals surface area contributed by atoms with E-state index in [-0.39, 0.29) is 30.7 Å². The highest BCUT2D eigenvalue weighted by molar-refractivity contribution is 5.93. The summed E-state index contributed by atoms with van der Waals surface area (Å²) in [5.41, 5.74) is 1.09. The highest BCUT2D eigenvalue weighted by Gasteiger charge is 2.43. The molecule has 0 spiro atoms. The van der Waals surface area contributed by atoms with Crippen LogP contribution >= 0.6 is 0 Å². The number of aliphatic hydroxyl groups is 2. The lowest BCUT2D eigenvalue weighted by Crippen LogP contribution is -2.48. The standard InChI is InChI=1S/C16H18N2O3/c19-7-1-2-11-3-6-15(17-10-11)16(21)18-12-4-5-13(18)9-14(20)8-12/h3,6,10,12-14,19-20H,4-5,7-9H2. The molecule has 5 heteroatoms. The minimum absolute atomic E-state index is 0.0592. The topological polar surface area (TPSA) is 73.7 Å². The van der Waals surface area contributed by atoms with Crippen molar-refractivity contribution in [2.75, 3.05) is 6.61 Å². The monoisotopic (exact) mass is 286 g/mol. The highest BCUT2D eigenvalue weighted by Crippen LogP contribution is 2.36. The van der Waals surface area contributed by atoms with Crippen molar-refractivity contribution in [1.82, 2.24) is 9.88 Å². The second kappa shape index (κ2) is 5.84. The molecule has 1 aromatic heterocycles. The molecular formula is C16H18N2O3. The van der Waals surface area contributed by atoms with Crippen molar-refractivity contribution in [3.63, 3.8) is 0 Å². The molecule has 1 amide bonds. The van der Waals surface area contributed by atoms with Crippen molar-refractivity contribution in [3.05, 3.63) is 29.6 Å². The van der Waals surface area contributed by atoms with Gasteiger partial charge in [0.1, 0.15) is 12.3 Å². The predicted molar refractivity (Wildman–Crippen MR) is 76.4 cm³/mol. The van der Waals surface area contributed by atoms with Crippen molar-refractivity contribution in [2.45, 2.75) is 43.9 Å². The van der Waals surface area contributed by atoms with E-state index in [2.05, 4.69) is 16.8 Å². The Morgan fingerprint density at radius 3 is 2.62 bits per heavy atom. The van der Waals surface area contributed by atoms with Crippen molar-refractivity contribution < 1.29 is 15.0 Å². The molecule has 110 valence electrons. The van der Waals surface area contributed by atoms with Crippen molar-refractivity contribution in [1.29, 1.82) is 0 Å². The number of aromatic nitrogens is 1. The minimum Gasteiger partial charge on any atom is -0.393 e. The number of aliphatic hydroxyl groups excluding tert-OH is 2. The molecule has 2 unspecified atom stereocenters. The normalized spacial score (nSPS) is 27.1. The van der Waals surface area contributed by atoms with Crippen LogP contribution in [0.2, 0.25) is 0 Å². The third kappa shape index (κ3) is 2.78. The fraction of sp³-hybridized carbons (Fsp3) is 0.500. The van der Waals surface area contributed by atoms with Gasteiger partial charge in [0.15, 0.2) is 0 Å². The number of carbonyl (C=O) groups excluding carboxylic acids is 1. The number of nitrogens with zero attached hydrogens (tertiary/aromatic N) is 2. The zero-order chi connectivity index (χ0) is 14.8. The van der Waals surface area contributed by atoms with Crippen LogP contribution in [0.1, 0.15) is 41.7 Å². The van der Waals surface area contributed by atoms with Crippen molar-refractivity contribution in [2.24, 2.45) is 0 Å². The van der Waals surface area contributed by atoms with Gasteiger partial charge < -0.3 is 15.1 Å². The van der Waals surface area contributed by atoms with Gasteiger partial charge in [0.2, 0.25) is 0 Å². The van der Waals surface area contributed by atoms with Crippen molar-refractivity contribution >= 4 is 5.91 Å². The van der Waals surface area contributed by atoms with Gasteiger partial charge in [0.25, 0.3) is 5.91 Å². The number of hydrogen-bond acceptors (Lipinski definition) is 4. The van der Waals surface area contributed by atoms with Crippen LogP contribution in [0.4, 0.5) is 0 Å². The fourth-order valence-electron chi connectivity index (χ4n) is 3.35. The van der Waals surface area contributed by atoms with E-state index in [0.717, 1.165) is 12.8 Å². The molecule has 3 heterocycles. The first-order valence-electron chi connectivity index (χ1n) is 7.25. The van der Waals surface area contributed by atoms with Crippen LogP contribution in [0.5, 0.6) is 0 Å². The lowest BCUT2D eigenvalue weighted by Gasteiger charge is -2.37. The van der Waals surface area contributed by atoms with E-state index in [0.29, 0.717) is 24.1 Å². The molecule has 2 atom stereocenters. The van der Waals surface area contributed by atoms with E-state index in [1.54, 1.807) is 18.3 Å². The molecule has 3 rings (SSSR count). The van der Waals surface area contributed by atoms with Crippen LogP contribution in [0, 0.1) is 11.8 Å². The molecule has 0 saturated carbocycles. The van der Waals surface area contributed by atoms with Crippen LogP contribution in [0.15, 0.2) is 18.3 Å². The van der Waals surface area contributed by atoms with Gasteiger partial charge in [-0.3, -0.25) is 4.79 Å². The number of carbonyl (C=O) groups is 1. The molecule has 2 aliphatic rings.